The standard InChI is InChI=1S/C16H15NO4S2/c1-11-3-7-13(8-4-11)15(22(18)19)17-16(23(20)21)14-9-5-12(2)6-10-14/h3-10,17H,1-2H3. The van der Waals surface area contributed by atoms with E-state index in [2.05, 4.69) is 5.32 Å². The smallest absolute Gasteiger partial charge is 0.231 e. The fraction of sp³-hybridized carbons (Fsp3) is 0.125. The molecular weight excluding hydrogens is 334 g/mol. The summed E-state index contributed by atoms with van der Waals surface area (Å²) in [5.74, 6) is 0. The van der Waals surface area contributed by atoms with Gasteiger partial charge in [0, 0.05) is 11.1 Å². The molecule has 0 spiro atoms. The molecule has 0 saturated heterocycles. The average Bonchev–Trinajstić information content (AvgIpc) is 2.50. The van der Waals surface area contributed by atoms with Gasteiger partial charge in [-0.2, -0.15) is 16.8 Å². The zero-order valence-corrected chi connectivity index (χ0v) is 14.2. The molecule has 0 amide bonds. The minimum Gasteiger partial charge on any atom is -0.231 e. The van der Waals surface area contributed by atoms with Crippen LogP contribution in [0.1, 0.15) is 22.3 Å². The molecule has 0 aliphatic carbocycles. The van der Waals surface area contributed by atoms with Crippen LogP contribution in [0, 0.1) is 13.8 Å². The van der Waals surface area contributed by atoms with E-state index in [0.717, 1.165) is 11.1 Å². The van der Waals surface area contributed by atoms with E-state index in [4.69, 9.17) is 0 Å². The molecule has 0 atom stereocenters. The summed E-state index contributed by atoms with van der Waals surface area (Å²) in [6, 6.07) is 13.5. The highest BCUT2D eigenvalue weighted by Gasteiger charge is 2.12. The van der Waals surface area contributed by atoms with E-state index in [1.54, 1.807) is 48.5 Å². The highest BCUT2D eigenvalue weighted by Crippen LogP contribution is 2.06. The van der Waals surface area contributed by atoms with Gasteiger partial charge in [0.2, 0.25) is 20.6 Å². The Kier molecular flexibility index (Phi) is 5.49. The van der Waals surface area contributed by atoms with Crippen molar-refractivity contribution in [2.45, 2.75) is 13.8 Å². The van der Waals surface area contributed by atoms with Crippen LogP contribution in [0.25, 0.3) is 0 Å². The Balaban J connectivity index is 2.50. The summed E-state index contributed by atoms with van der Waals surface area (Å²) in [6.07, 6.45) is 0. The number of hydrogen-bond acceptors (Lipinski definition) is 4. The first-order chi connectivity index (χ1) is 10.9. The first-order valence-corrected chi connectivity index (χ1v) is 8.87. The van der Waals surface area contributed by atoms with E-state index in [9.17, 15) is 16.8 Å². The van der Waals surface area contributed by atoms with Crippen LogP contribution >= 0.6 is 0 Å². The first kappa shape index (κ1) is 17.1. The molecule has 23 heavy (non-hydrogen) atoms. The van der Waals surface area contributed by atoms with Crippen LogP contribution in [0.3, 0.4) is 0 Å². The Labute approximate surface area is 137 Å². The van der Waals surface area contributed by atoms with Crippen molar-refractivity contribution in [2.75, 3.05) is 0 Å². The first-order valence-electron chi connectivity index (χ1n) is 6.72. The number of benzene rings is 2. The van der Waals surface area contributed by atoms with Crippen LogP contribution in [-0.4, -0.2) is 26.8 Å². The summed E-state index contributed by atoms with van der Waals surface area (Å²) in [7, 11) is -5.23. The van der Waals surface area contributed by atoms with Gasteiger partial charge < -0.3 is 0 Å². The highest BCUT2D eigenvalue weighted by atomic mass is 32.2. The van der Waals surface area contributed by atoms with Crippen molar-refractivity contribution in [1.82, 2.24) is 5.32 Å². The lowest BCUT2D eigenvalue weighted by Gasteiger charge is -2.08. The molecule has 0 aliphatic rings. The number of rotatable bonds is 2. The van der Waals surface area contributed by atoms with Gasteiger partial charge in [-0.05, 0) is 13.8 Å². The van der Waals surface area contributed by atoms with Crippen molar-refractivity contribution in [3.8, 4) is 0 Å². The van der Waals surface area contributed by atoms with E-state index in [-0.39, 0.29) is 9.98 Å². The molecule has 120 valence electrons. The molecule has 2 aromatic carbocycles. The molecule has 5 nitrogen and oxygen atoms in total. The largest absolute Gasteiger partial charge is 0.233 e. The summed E-state index contributed by atoms with van der Waals surface area (Å²) < 4.78 is 46.1. The zero-order chi connectivity index (χ0) is 17.0. The maximum atomic E-state index is 11.5. The maximum absolute atomic E-state index is 11.5. The summed E-state index contributed by atoms with van der Waals surface area (Å²) in [5.41, 5.74) is 2.72. The van der Waals surface area contributed by atoms with Gasteiger partial charge in [0.15, 0.2) is 0 Å². The van der Waals surface area contributed by atoms with Gasteiger partial charge in [0.25, 0.3) is 0 Å². The Bertz CT molecular complexity index is 886. The molecule has 2 rings (SSSR count). The van der Waals surface area contributed by atoms with Gasteiger partial charge in [0.05, 0.1) is 0 Å². The topological polar surface area (TPSA) is 80.3 Å². The van der Waals surface area contributed by atoms with Crippen molar-refractivity contribution in [3.05, 3.63) is 70.8 Å². The van der Waals surface area contributed by atoms with Gasteiger partial charge in [-0.1, -0.05) is 59.7 Å². The third-order valence-corrected chi connectivity index (χ3v) is 4.53. The minimum atomic E-state index is -2.61. The number of nitrogens with one attached hydrogen (secondary N) is 1. The van der Waals surface area contributed by atoms with Gasteiger partial charge in [-0.3, -0.25) is 0 Å². The molecule has 1 N–H and O–H groups in total. The second-order valence-electron chi connectivity index (χ2n) is 4.98. The van der Waals surface area contributed by atoms with E-state index >= 15 is 0 Å². The Morgan fingerprint density at radius 2 is 0.957 bits per heavy atom. The molecule has 0 aromatic heterocycles. The second kappa shape index (κ2) is 7.36. The quantitative estimate of drug-likeness (QED) is 0.827. The lowest BCUT2D eigenvalue weighted by molar-refractivity contribution is 0.626. The van der Waals surface area contributed by atoms with E-state index < -0.39 is 20.6 Å². The number of hydrogen-bond donors (Lipinski definition) is 1. The van der Waals surface area contributed by atoms with E-state index in [1.165, 1.54) is 0 Å². The van der Waals surface area contributed by atoms with Crippen molar-refractivity contribution in [2.24, 2.45) is 0 Å². The molecule has 7 heteroatoms. The molecule has 0 heterocycles. The normalized spacial score (nSPS) is 10.2. The molecule has 0 aliphatic heterocycles. The SMILES string of the molecule is Cc1ccc(C(NC(c2ccc(C)cc2)=S(=O)=O)=S(=O)=O)cc1. The number of aryl methyl sites for hydroxylation is 2. The Morgan fingerprint density at radius 3 is 1.22 bits per heavy atom. The molecular formula is C16H15NO4S2. The van der Waals surface area contributed by atoms with Crippen molar-refractivity contribution < 1.29 is 16.8 Å². The van der Waals surface area contributed by atoms with Crippen molar-refractivity contribution in [3.63, 3.8) is 0 Å². The van der Waals surface area contributed by atoms with Crippen LogP contribution in [0.5, 0.6) is 0 Å². The molecule has 0 fully saturated rings. The Hall–Kier alpha value is -2.22. The van der Waals surface area contributed by atoms with Crippen LogP contribution in [0.4, 0.5) is 0 Å². The fourth-order valence-corrected chi connectivity index (χ4v) is 3.03. The Morgan fingerprint density at radius 1 is 0.652 bits per heavy atom. The van der Waals surface area contributed by atoms with E-state index in [1.807, 2.05) is 13.8 Å². The minimum absolute atomic E-state index is 0.190. The predicted molar refractivity (Wildman–Crippen MR) is 91.6 cm³/mol. The summed E-state index contributed by atoms with van der Waals surface area (Å²) >= 11 is 0. The second-order valence-corrected chi connectivity index (χ2v) is 6.74. The van der Waals surface area contributed by atoms with Crippen LogP contribution in [0.15, 0.2) is 48.5 Å². The van der Waals surface area contributed by atoms with Crippen molar-refractivity contribution in [1.29, 1.82) is 0 Å². The monoisotopic (exact) mass is 349 g/mol. The van der Waals surface area contributed by atoms with Gasteiger partial charge >= 0.3 is 0 Å². The molecule has 0 saturated carbocycles. The van der Waals surface area contributed by atoms with Gasteiger partial charge in [-0.15, -0.1) is 0 Å². The van der Waals surface area contributed by atoms with Crippen LogP contribution in [0.2, 0.25) is 0 Å². The molecule has 0 unspecified atom stereocenters. The van der Waals surface area contributed by atoms with Crippen LogP contribution < -0.4 is 5.32 Å². The highest BCUT2D eigenvalue weighted by molar-refractivity contribution is 7.75. The van der Waals surface area contributed by atoms with Gasteiger partial charge in [-0.25, -0.2) is 5.32 Å². The average molecular weight is 349 g/mol. The van der Waals surface area contributed by atoms with E-state index in [0.29, 0.717) is 11.1 Å². The summed E-state index contributed by atoms with van der Waals surface area (Å²) in [6.45, 7) is 3.75. The third kappa shape index (κ3) is 4.38. The molecule has 0 bridgehead atoms. The third-order valence-electron chi connectivity index (χ3n) is 3.19. The van der Waals surface area contributed by atoms with Gasteiger partial charge in [0.1, 0.15) is 9.98 Å². The lowest BCUT2D eigenvalue weighted by atomic mass is 10.1. The zero-order valence-electron chi connectivity index (χ0n) is 12.6. The summed E-state index contributed by atoms with van der Waals surface area (Å²) in [5, 5.41) is 2.53. The molecule has 2 aromatic rings. The van der Waals surface area contributed by atoms with Crippen molar-refractivity contribution >= 4 is 30.6 Å². The maximum Gasteiger partial charge on any atom is 0.233 e. The van der Waals surface area contributed by atoms with Crippen LogP contribution in [-0.2, 0) is 20.6 Å². The molecule has 0 radical (unpaired) electrons. The summed E-state index contributed by atoms with van der Waals surface area (Å²) in [4.78, 5) is -0.380. The lowest BCUT2D eigenvalue weighted by Crippen LogP contribution is -2.33. The fourth-order valence-electron chi connectivity index (χ4n) is 1.93. The predicted octanol–water partition coefficient (Wildman–Crippen LogP) is 1.31.